The first-order valence-electron chi connectivity index (χ1n) is 5.77. The van der Waals surface area contributed by atoms with Crippen molar-refractivity contribution in [3.05, 3.63) is 0 Å². The van der Waals surface area contributed by atoms with Crippen molar-refractivity contribution in [2.75, 3.05) is 19.8 Å². The Balaban J connectivity index is 3.21. The second-order valence-electron chi connectivity index (χ2n) is 3.26. The predicted molar refractivity (Wildman–Crippen MR) is 60.1 cm³/mol. The summed E-state index contributed by atoms with van der Waals surface area (Å²) in [5.74, 6) is -0.152. The van der Waals surface area contributed by atoms with E-state index in [2.05, 4.69) is 5.32 Å². The molecule has 5 nitrogen and oxygen atoms in total. The van der Waals surface area contributed by atoms with Crippen molar-refractivity contribution in [1.82, 2.24) is 5.32 Å². The van der Waals surface area contributed by atoms with E-state index < -0.39 is 0 Å². The molecular formula is C11H21NO4. The minimum atomic E-state index is -0.382. The number of carbonyl (C=O) groups excluding carboxylic acids is 2. The Bertz CT molecular complexity index is 184. The summed E-state index contributed by atoms with van der Waals surface area (Å²) < 4.78 is 9.48. The van der Waals surface area contributed by atoms with Gasteiger partial charge in [-0.15, -0.1) is 0 Å². The first-order valence-corrected chi connectivity index (χ1v) is 5.77. The van der Waals surface area contributed by atoms with E-state index in [0.29, 0.717) is 26.2 Å². The fourth-order valence-electron chi connectivity index (χ4n) is 1.18. The number of unbranched alkanes of at least 4 members (excludes halogenated alkanes) is 2. The van der Waals surface area contributed by atoms with Crippen molar-refractivity contribution >= 4 is 12.1 Å². The molecule has 0 spiro atoms. The van der Waals surface area contributed by atoms with Crippen LogP contribution in [0.5, 0.6) is 0 Å². The highest BCUT2D eigenvalue weighted by atomic mass is 16.5. The normalized spacial score (nSPS) is 9.62. The van der Waals surface area contributed by atoms with Crippen LogP contribution in [0.15, 0.2) is 0 Å². The smallest absolute Gasteiger partial charge is 0.407 e. The molecule has 0 bridgehead atoms. The fraction of sp³-hybridized carbons (Fsp3) is 0.818. The van der Waals surface area contributed by atoms with Crippen molar-refractivity contribution in [1.29, 1.82) is 0 Å². The van der Waals surface area contributed by atoms with E-state index >= 15 is 0 Å². The summed E-state index contributed by atoms with van der Waals surface area (Å²) in [5.41, 5.74) is 0. The van der Waals surface area contributed by atoms with E-state index in [9.17, 15) is 9.59 Å². The van der Waals surface area contributed by atoms with Crippen LogP contribution < -0.4 is 5.32 Å². The van der Waals surface area contributed by atoms with Crippen LogP contribution in [0.1, 0.15) is 39.5 Å². The molecule has 0 unspecified atom stereocenters. The second kappa shape index (κ2) is 10.3. The highest BCUT2D eigenvalue weighted by Gasteiger charge is 2.01. The molecule has 94 valence electrons. The van der Waals surface area contributed by atoms with Crippen molar-refractivity contribution < 1.29 is 19.1 Å². The lowest BCUT2D eigenvalue weighted by atomic mass is 10.2. The minimum absolute atomic E-state index is 0.152. The van der Waals surface area contributed by atoms with Crippen LogP contribution in [0, 0.1) is 0 Å². The van der Waals surface area contributed by atoms with Gasteiger partial charge in [0.2, 0.25) is 0 Å². The number of hydrogen-bond acceptors (Lipinski definition) is 4. The molecule has 0 aliphatic carbocycles. The van der Waals surface area contributed by atoms with Gasteiger partial charge in [-0.2, -0.15) is 0 Å². The summed E-state index contributed by atoms with van der Waals surface area (Å²) in [6, 6.07) is 0. The van der Waals surface area contributed by atoms with Gasteiger partial charge in [0.05, 0.1) is 13.2 Å². The molecular weight excluding hydrogens is 210 g/mol. The molecule has 0 fully saturated rings. The van der Waals surface area contributed by atoms with E-state index in [1.165, 1.54) is 0 Å². The predicted octanol–water partition coefficient (Wildman–Crippen LogP) is 1.86. The van der Waals surface area contributed by atoms with Crippen molar-refractivity contribution in [2.24, 2.45) is 0 Å². The number of esters is 1. The third kappa shape index (κ3) is 9.30. The van der Waals surface area contributed by atoms with Gasteiger partial charge in [-0.3, -0.25) is 4.79 Å². The second-order valence-corrected chi connectivity index (χ2v) is 3.26. The maximum atomic E-state index is 11.0. The van der Waals surface area contributed by atoms with E-state index in [4.69, 9.17) is 9.47 Å². The molecule has 0 saturated heterocycles. The third-order valence-corrected chi connectivity index (χ3v) is 1.91. The average Bonchev–Trinajstić information content (AvgIpc) is 2.24. The van der Waals surface area contributed by atoms with Crippen molar-refractivity contribution in [2.45, 2.75) is 39.5 Å². The molecule has 0 rings (SSSR count). The number of carbonyl (C=O) groups is 2. The maximum Gasteiger partial charge on any atom is 0.407 e. The summed E-state index contributed by atoms with van der Waals surface area (Å²) in [6.45, 7) is 4.96. The van der Waals surface area contributed by atoms with E-state index in [1.54, 1.807) is 13.8 Å². The number of hydrogen-bond donors (Lipinski definition) is 1. The standard InChI is InChI=1S/C11H21NO4/c1-3-15-10(13)8-6-5-7-9-12-11(14)16-4-2/h3-9H2,1-2H3,(H,12,14). The first kappa shape index (κ1) is 14.7. The van der Waals surface area contributed by atoms with Crippen LogP contribution in [0.4, 0.5) is 4.79 Å². The molecule has 5 heteroatoms. The zero-order valence-electron chi connectivity index (χ0n) is 10.1. The average molecular weight is 231 g/mol. The van der Waals surface area contributed by atoms with Gasteiger partial charge in [0.25, 0.3) is 0 Å². The van der Waals surface area contributed by atoms with Crippen LogP contribution in [0.2, 0.25) is 0 Å². The molecule has 0 aromatic rings. The summed E-state index contributed by atoms with van der Waals surface area (Å²) in [7, 11) is 0. The molecule has 0 saturated carbocycles. The zero-order valence-corrected chi connectivity index (χ0v) is 10.1. The van der Waals surface area contributed by atoms with Gasteiger partial charge < -0.3 is 14.8 Å². The molecule has 0 aliphatic rings. The number of nitrogens with one attached hydrogen (secondary N) is 1. The Hall–Kier alpha value is -1.26. The van der Waals surface area contributed by atoms with Crippen LogP contribution in [0.25, 0.3) is 0 Å². The summed E-state index contributed by atoms with van der Waals surface area (Å²) in [5, 5.41) is 2.62. The lowest BCUT2D eigenvalue weighted by Crippen LogP contribution is -2.25. The molecule has 0 heterocycles. The Morgan fingerprint density at radius 3 is 2.31 bits per heavy atom. The zero-order chi connectivity index (χ0) is 12.2. The topological polar surface area (TPSA) is 64.6 Å². The Morgan fingerprint density at radius 2 is 1.69 bits per heavy atom. The van der Waals surface area contributed by atoms with Gasteiger partial charge in [-0.1, -0.05) is 6.42 Å². The van der Waals surface area contributed by atoms with Gasteiger partial charge in [0, 0.05) is 13.0 Å². The summed E-state index contributed by atoms with van der Waals surface area (Å²) in [4.78, 5) is 21.8. The minimum Gasteiger partial charge on any atom is -0.466 e. The van der Waals surface area contributed by atoms with Gasteiger partial charge in [0.15, 0.2) is 0 Å². The Kier molecular flexibility index (Phi) is 9.46. The maximum absolute atomic E-state index is 11.0. The molecule has 0 aliphatic heterocycles. The lowest BCUT2D eigenvalue weighted by Gasteiger charge is -2.04. The van der Waals surface area contributed by atoms with Gasteiger partial charge in [-0.05, 0) is 26.7 Å². The highest BCUT2D eigenvalue weighted by molar-refractivity contribution is 5.69. The number of amides is 1. The van der Waals surface area contributed by atoms with Crippen molar-refractivity contribution in [3.8, 4) is 0 Å². The molecule has 0 aromatic heterocycles. The Labute approximate surface area is 96.5 Å². The molecule has 0 aromatic carbocycles. The van der Waals surface area contributed by atoms with Crippen LogP contribution >= 0.6 is 0 Å². The third-order valence-electron chi connectivity index (χ3n) is 1.91. The molecule has 1 N–H and O–H groups in total. The molecule has 0 atom stereocenters. The monoisotopic (exact) mass is 231 g/mol. The number of ether oxygens (including phenoxy) is 2. The highest BCUT2D eigenvalue weighted by Crippen LogP contribution is 2.00. The number of rotatable bonds is 8. The van der Waals surface area contributed by atoms with E-state index in [0.717, 1.165) is 19.3 Å². The largest absolute Gasteiger partial charge is 0.466 e. The van der Waals surface area contributed by atoms with E-state index in [1.807, 2.05) is 0 Å². The molecule has 1 amide bonds. The molecule has 0 radical (unpaired) electrons. The van der Waals surface area contributed by atoms with Crippen LogP contribution in [-0.4, -0.2) is 31.8 Å². The summed E-state index contributed by atoms with van der Waals surface area (Å²) >= 11 is 0. The van der Waals surface area contributed by atoms with E-state index in [-0.39, 0.29) is 12.1 Å². The quantitative estimate of drug-likeness (QED) is 0.511. The first-order chi connectivity index (χ1) is 7.70. The SMILES string of the molecule is CCOC(=O)CCCCCNC(=O)OCC. The van der Waals surface area contributed by atoms with Crippen LogP contribution in [-0.2, 0) is 14.3 Å². The fourth-order valence-corrected chi connectivity index (χ4v) is 1.18. The van der Waals surface area contributed by atoms with Gasteiger partial charge in [-0.25, -0.2) is 4.79 Å². The Morgan fingerprint density at radius 1 is 1.00 bits per heavy atom. The molecule has 16 heavy (non-hydrogen) atoms. The lowest BCUT2D eigenvalue weighted by molar-refractivity contribution is -0.143. The van der Waals surface area contributed by atoms with Crippen LogP contribution in [0.3, 0.4) is 0 Å². The van der Waals surface area contributed by atoms with Gasteiger partial charge in [0.1, 0.15) is 0 Å². The van der Waals surface area contributed by atoms with Gasteiger partial charge >= 0.3 is 12.1 Å². The number of alkyl carbamates (subject to hydrolysis) is 1. The summed E-state index contributed by atoms with van der Waals surface area (Å²) in [6.07, 6.45) is 2.60. The van der Waals surface area contributed by atoms with Crippen molar-refractivity contribution in [3.63, 3.8) is 0 Å².